The average Bonchev–Trinajstić information content (AvgIpc) is 2.88. The van der Waals surface area contributed by atoms with Crippen molar-refractivity contribution in [3.8, 4) is 5.75 Å². The maximum absolute atomic E-state index is 5.22. The normalized spacial score (nSPS) is 11.2. The number of methoxy groups -OCH3 is 1. The second-order valence-corrected chi connectivity index (χ2v) is 5.41. The molecule has 3 aromatic rings. The van der Waals surface area contributed by atoms with Gasteiger partial charge in [0.15, 0.2) is 0 Å². The van der Waals surface area contributed by atoms with Crippen molar-refractivity contribution in [2.45, 2.75) is 0 Å². The topological polar surface area (TPSA) is 9.23 Å². The largest absolute Gasteiger partial charge is 0.497 e. The van der Waals surface area contributed by atoms with E-state index in [-0.39, 0.29) is 0 Å². The highest BCUT2D eigenvalue weighted by Gasteiger charge is 1.98. The predicted molar refractivity (Wildman–Crippen MR) is 83.7 cm³/mol. The van der Waals surface area contributed by atoms with Gasteiger partial charge in [0.2, 0.25) is 0 Å². The number of hydrogen-bond acceptors (Lipinski definition) is 2. The number of thiophene rings is 1. The molecule has 1 heterocycles. The zero-order valence-electron chi connectivity index (χ0n) is 10.7. The molecule has 1 nitrogen and oxygen atoms in total. The maximum Gasteiger partial charge on any atom is 0.119 e. The Morgan fingerprint density at radius 3 is 2.68 bits per heavy atom. The summed E-state index contributed by atoms with van der Waals surface area (Å²) in [6.45, 7) is 0. The first-order valence-electron chi connectivity index (χ1n) is 6.16. The van der Waals surface area contributed by atoms with Crippen LogP contribution in [0.5, 0.6) is 5.75 Å². The summed E-state index contributed by atoms with van der Waals surface area (Å²) in [5, 5.41) is 1.30. The first kappa shape index (κ1) is 12.0. The van der Waals surface area contributed by atoms with Crippen LogP contribution >= 0.6 is 11.3 Å². The second-order valence-electron chi connectivity index (χ2n) is 4.30. The van der Waals surface area contributed by atoms with E-state index >= 15 is 0 Å². The first-order chi connectivity index (χ1) is 9.35. The lowest BCUT2D eigenvalue weighted by molar-refractivity contribution is 0.414. The number of benzene rings is 2. The highest BCUT2D eigenvalue weighted by atomic mass is 32.1. The third kappa shape index (κ3) is 2.69. The van der Waals surface area contributed by atoms with Crippen molar-refractivity contribution >= 4 is 33.6 Å². The highest BCUT2D eigenvalue weighted by Crippen LogP contribution is 2.27. The lowest BCUT2D eigenvalue weighted by Gasteiger charge is -1.99. The zero-order chi connectivity index (χ0) is 13.1. The van der Waals surface area contributed by atoms with Crippen LogP contribution in [0.25, 0.3) is 22.2 Å². The summed E-state index contributed by atoms with van der Waals surface area (Å²) >= 11 is 1.81. The molecule has 0 bridgehead atoms. The van der Waals surface area contributed by atoms with Gasteiger partial charge in [-0.1, -0.05) is 36.4 Å². The Hall–Kier alpha value is -2.06. The molecule has 0 radical (unpaired) electrons. The molecule has 19 heavy (non-hydrogen) atoms. The third-order valence-corrected chi connectivity index (χ3v) is 4.06. The molecule has 2 heteroatoms. The van der Waals surface area contributed by atoms with E-state index in [9.17, 15) is 0 Å². The Morgan fingerprint density at radius 1 is 0.947 bits per heavy atom. The van der Waals surface area contributed by atoms with E-state index in [1.165, 1.54) is 15.0 Å². The van der Waals surface area contributed by atoms with Gasteiger partial charge in [0, 0.05) is 9.58 Å². The van der Waals surface area contributed by atoms with E-state index in [0.717, 1.165) is 11.3 Å². The van der Waals surface area contributed by atoms with Crippen LogP contribution in [-0.2, 0) is 0 Å². The van der Waals surface area contributed by atoms with Crippen LogP contribution in [0.2, 0.25) is 0 Å². The standard InChI is InChI=1S/C17H14OS/c1-18-15-7-4-5-13(11-15)9-10-16-12-14-6-2-3-8-17(14)19-16/h2-12H,1H3/b10-9+. The fourth-order valence-electron chi connectivity index (χ4n) is 2.01. The van der Waals surface area contributed by atoms with Crippen LogP contribution in [0.4, 0.5) is 0 Å². The lowest BCUT2D eigenvalue weighted by Crippen LogP contribution is -1.81. The molecular weight excluding hydrogens is 252 g/mol. The van der Waals surface area contributed by atoms with Crippen LogP contribution in [0.15, 0.2) is 54.6 Å². The van der Waals surface area contributed by atoms with Gasteiger partial charge in [-0.05, 0) is 41.3 Å². The van der Waals surface area contributed by atoms with Crippen LogP contribution in [0.3, 0.4) is 0 Å². The van der Waals surface area contributed by atoms with Gasteiger partial charge < -0.3 is 4.74 Å². The number of fused-ring (bicyclic) bond motifs is 1. The minimum Gasteiger partial charge on any atom is -0.497 e. The zero-order valence-corrected chi connectivity index (χ0v) is 11.5. The van der Waals surface area contributed by atoms with Crippen LogP contribution < -0.4 is 4.74 Å². The summed E-state index contributed by atoms with van der Waals surface area (Å²) in [6, 6.07) is 18.7. The van der Waals surface area contributed by atoms with Gasteiger partial charge in [-0.15, -0.1) is 11.3 Å². The number of hydrogen-bond donors (Lipinski definition) is 0. The second kappa shape index (κ2) is 5.29. The number of ether oxygens (including phenoxy) is 1. The van der Waals surface area contributed by atoms with Gasteiger partial charge in [0.25, 0.3) is 0 Å². The molecule has 0 N–H and O–H groups in total. The molecular formula is C17H14OS. The van der Waals surface area contributed by atoms with E-state index in [0.29, 0.717) is 0 Å². The molecule has 0 aliphatic carbocycles. The fourth-order valence-corrected chi connectivity index (χ4v) is 2.98. The first-order valence-corrected chi connectivity index (χ1v) is 6.97. The molecule has 0 aliphatic rings. The highest BCUT2D eigenvalue weighted by molar-refractivity contribution is 7.19. The molecule has 3 rings (SSSR count). The van der Waals surface area contributed by atoms with Gasteiger partial charge in [0.05, 0.1) is 7.11 Å². The molecule has 0 spiro atoms. The lowest BCUT2D eigenvalue weighted by atomic mass is 10.2. The van der Waals surface area contributed by atoms with E-state index in [2.05, 4.69) is 48.6 Å². The van der Waals surface area contributed by atoms with Crippen molar-refractivity contribution in [3.63, 3.8) is 0 Å². The summed E-state index contributed by atoms with van der Waals surface area (Å²) in [7, 11) is 1.69. The molecule has 0 atom stereocenters. The molecule has 2 aromatic carbocycles. The van der Waals surface area contributed by atoms with Crippen molar-refractivity contribution in [2.75, 3.05) is 7.11 Å². The molecule has 0 fully saturated rings. The van der Waals surface area contributed by atoms with Gasteiger partial charge in [-0.3, -0.25) is 0 Å². The number of rotatable bonds is 3. The van der Waals surface area contributed by atoms with E-state index in [1.54, 1.807) is 7.11 Å². The Kier molecular flexibility index (Phi) is 3.34. The van der Waals surface area contributed by atoms with Crippen molar-refractivity contribution in [2.24, 2.45) is 0 Å². The Morgan fingerprint density at radius 2 is 1.84 bits per heavy atom. The summed E-state index contributed by atoms with van der Waals surface area (Å²) in [4.78, 5) is 1.27. The van der Waals surface area contributed by atoms with Gasteiger partial charge in [-0.25, -0.2) is 0 Å². The summed E-state index contributed by atoms with van der Waals surface area (Å²) in [5.41, 5.74) is 1.15. The van der Waals surface area contributed by atoms with Gasteiger partial charge in [0.1, 0.15) is 5.75 Å². The van der Waals surface area contributed by atoms with Crippen molar-refractivity contribution in [1.29, 1.82) is 0 Å². The third-order valence-electron chi connectivity index (χ3n) is 2.98. The maximum atomic E-state index is 5.22. The molecule has 0 saturated carbocycles. The molecule has 0 saturated heterocycles. The van der Waals surface area contributed by atoms with E-state index in [4.69, 9.17) is 4.74 Å². The van der Waals surface area contributed by atoms with Crippen LogP contribution in [0, 0.1) is 0 Å². The minimum absolute atomic E-state index is 0.887. The van der Waals surface area contributed by atoms with Crippen LogP contribution in [0.1, 0.15) is 10.4 Å². The fraction of sp³-hybridized carbons (Fsp3) is 0.0588. The van der Waals surface area contributed by atoms with Gasteiger partial charge >= 0.3 is 0 Å². The predicted octanol–water partition coefficient (Wildman–Crippen LogP) is 5.08. The summed E-state index contributed by atoms with van der Waals surface area (Å²) < 4.78 is 6.55. The Labute approximate surface area is 116 Å². The molecule has 0 amide bonds. The van der Waals surface area contributed by atoms with E-state index in [1.807, 2.05) is 29.5 Å². The Balaban J connectivity index is 1.88. The van der Waals surface area contributed by atoms with Crippen molar-refractivity contribution < 1.29 is 4.74 Å². The van der Waals surface area contributed by atoms with Crippen molar-refractivity contribution in [1.82, 2.24) is 0 Å². The summed E-state index contributed by atoms with van der Waals surface area (Å²) in [5.74, 6) is 0.887. The molecule has 0 aliphatic heterocycles. The van der Waals surface area contributed by atoms with Crippen molar-refractivity contribution in [3.05, 3.63) is 65.0 Å². The SMILES string of the molecule is COc1cccc(/C=C/c2cc3ccccc3s2)c1. The van der Waals surface area contributed by atoms with Crippen LogP contribution in [-0.4, -0.2) is 7.11 Å². The minimum atomic E-state index is 0.887. The van der Waals surface area contributed by atoms with E-state index < -0.39 is 0 Å². The quantitative estimate of drug-likeness (QED) is 0.642. The molecule has 0 unspecified atom stereocenters. The average molecular weight is 266 g/mol. The monoisotopic (exact) mass is 266 g/mol. The molecule has 1 aromatic heterocycles. The molecule has 94 valence electrons. The summed E-state index contributed by atoms with van der Waals surface area (Å²) in [6.07, 6.45) is 4.27. The smallest absolute Gasteiger partial charge is 0.119 e. The van der Waals surface area contributed by atoms with Gasteiger partial charge in [-0.2, -0.15) is 0 Å². The Bertz CT molecular complexity index is 692.